The molecular formula is C23H19ClN4O3S. The molecule has 0 unspecified atom stereocenters. The Bertz CT molecular complexity index is 1480. The van der Waals surface area contributed by atoms with E-state index in [4.69, 9.17) is 16.6 Å². The van der Waals surface area contributed by atoms with Crippen LogP contribution >= 0.6 is 11.6 Å². The first-order valence-corrected chi connectivity index (χ1v) is 12.0. The van der Waals surface area contributed by atoms with Gasteiger partial charge in [-0.3, -0.25) is 4.79 Å². The minimum atomic E-state index is -3.35. The van der Waals surface area contributed by atoms with E-state index in [1.54, 1.807) is 73.6 Å². The number of hydrogen-bond acceptors (Lipinski definition) is 5. The van der Waals surface area contributed by atoms with Crippen molar-refractivity contribution in [2.45, 2.75) is 30.5 Å². The third-order valence-corrected chi connectivity index (χ3v) is 8.19. The number of nitrogens with zero attached hydrogens (tertiary/aromatic N) is 3. The molecule has 3 heterocycles. The zero-order valence-electron chi connectivity index (χ0n) is 17.3. The van der Waals surface area contributed by atoms with E-state index >= 15 is 0 Å². The Morgan fingerprint density at radius 3 is 2.56 bits per heavy atom. The van der Waals surface area contributed by atoms with Crippen LogP contribution in [0.2, 0.25) is 5.02 Å². The van der Waals surface area contributed by atoms with E-state index < -0.39 is 15.1 Å². The number of fused-ring (bicyclic) bond motifs is 2. The van der Waals surface area contributed by atoms with Crippen molar-refractivity contribution < 1.29 is 13.2 Å². The minimum absolute atomic E-state index is 0.140. The second-order valence-electron chi connectivity index (χ2n) is 7.90. The molecule has 0 fully saturated rings. The third-order valence-electron chi connectivity index (χ3n) is 5.66. The van der Waals surface area contributed by atoms with E-state index in [1.165, 1.54) is 0 Å². The number of halogens is 1. The maximum absolute atomic E-state index is 13.0. The van der Waals surface area contributed by atoms with Gasteiger partial charge in [0.2, 0.25) is 0 Å². The molecule has 162 valence electrons. The molecule has 1 aliphatic heterocycles. The number of benzene rings is 2. The quantitative estimate of drug-likeness (QED) is 0.473. The van der Waals surface area contributed by atoms with Crippen molar-refractivity contribution >= 4 is 44.2 Å². The molecule has 2 aromatic carbocycles. The molecule has 1 amide bonds. The van der Waals surface area contributed by atoms with Crippen LogP contribution in [0.25, 0.3) is 22.4 Å². The Kier molecular flexibility index (Phi) is 4.79. The first-order chi connectivity index (χ1) is 15.3. The van der Waals surface area contributed by atoms with E-state index in [0.29, 0.717) is 39.7 Å². The van der Waals surface area contributed by atoms with Gasteiger partial charge in [-0.2, -0.15) is 0 Å². The maximum atomic E-state index is 13.0. The number of carbonyl (C=O) groups is 1. The molecular weight excluding hydrogens is 448 g/mol. The number of sulfone groups is 1. The zero-order chi connectivity index (χ0) is 22.6. The average molecular weight is 467 g/mol. The molecule has 0 radical (unpaired) electrons. The van der Waals surface area contributed by atoms with Crippen LogP contribution in [0.5, 0.6) is 0 Å². The summed E-state index contributed by atoms with van der Waals surface area (Å²) in [5.41, 5.74) is 4.40. The van der Waals surface area contributed by atoms with E-state index in [2.05, 4.69) is 9.97 Å². The Hall–Kier alpha value is -3.23. The number of H-pyrrole nitrogens is 1. The SMILES string of the molecule is CC(C)S(=O)(=O)c1ccc(-c2cnc3[nH]cc(N4Cc5c(Cl)cccc5C4=O)c3n2)cc1. The van der Waals surface area contributed by atoms with Gasteiger partial charge in [0.15, 0.2) is 15.5 Å². The van der Waals surface area contributed by atoms with Crippen molar-refractivity contribution in [2.75, 3.05) is 4.90 Å². The highest BCUT2D eigenvalue weighted by atomic mass is 35.5. The van der Waals surface area contributed by atoms with Crippen molar-refractivity contribution in [1.82, 2.24) is 15.0 Å². The van der Waals surface area contributed by atoms with Gasteiger partial charge < -0.3 is 9.88 Å². The molecule has 0 saturated carbocycles. The van der Waals surface area contributed by atoms with E-state index in [0.717, 1.165) is 11.1 Å². The molecule has 9 heteroatoms. The summed E-state index contributed by atoms with van der Waals surface area (Å²) in [5.74, 6) is -0.140. The van der Waals surface area contributed by atoms with Gasteiger partial charge in [-0.1, -0.05) is 29.8 Å². The van der Waals surface area contributed by atoms with Crippen LogP contribution < -0.4 is 4.90 Å². The summed E-state index contributed by atoms with van der Waals surface area (Å²) >= 11 is 6.29. The number of rotatable bonds is 4. The summed E-state index contributed by atoms with van der Waals surface area (Å²) in [6.07, 6.45) is 3.33. The van der Waals surface area contributed by atoms with Crippen molar-refractivity contribution in [1.29, 1.82) is 0 Å². The molecule has 7 nitrogen and oxygen atoms in total. The Labute approximate surface area is 190 Å². The lowest BCUT2D eigenvalue weighted by molar-refractivity contribution is 0.0997. The molecule has 1 N–H and O–H groups in total. The molecule has 4 aromatic rings. The van der Waals surface area contributed by atoms with Crippen molar-refractivity contribution in [2.24, 2.45) is 0 Å². The number of nitrogens with one attached hydrogen (secondary N) is 1. The summed E-state index contributed by atoms with van der Waals surface area (Å²) in [5, 5.41) is 0.0592. The number of carbonyl (C=O) groups excluding carboxylic acids is 1. The van der Waals surface area contributed by atoms with Gasteiger partial charge in [-0.15, -0.1) is 0 Å². The van der Waals surface area contributed by atoms with Gasteiger partial charge in [-0.25, -0.2) is 18.4 Å². The monoisotopic (exact) mass is 466 g/mol. The molecule has 0 atom stereocenters. The van der Waals surface area contributed by atoms with Crippen molar-refractivity contribution in [3.63, 3.8) is 0 Å². The summed E-state index contributed by atoms with van der Waals surface area (Å²) in [6, 6.07) is 11.9. The van der Waals surface area contributed by atoms with Crippen LogP contribution in [-0.2, 0) is 16.4 Å². The third kappa shape index (κ3) is 3.18. The highest BCUT2D eigenvalue weighted by Crippen LogP contribution is 2.35. The van der Waals surface area contributed by atoms with Crippen LogP contribution in [0.15, 0.2) is 59.8 Å². The van der Waals surface area contributed by atoms with Crippen LogP contribution in [0.1, 0.15) is 29.8 Å². The summed E-state index contributed by atoms with van der Waals surface area (Å²) in [7, 11) is -3.35. The summed E-state index contributed by atoms with van der Waals surface area (Å²) < 4.78 is 24.8. The van der Waals surface area contributed by atoms with Gasteiger partial charge >= 0.3 is 0 Å². The summed E-state index contributed by atoms with van der Waals surface area (Å²) in [4.78, 5) is 27.1. The minimum Gasteiger partial charge on any atom is -0.343 e. The van der Waals surface area contributed by atoms with Crippen LogP contribution in [-0.4, -0.2) is 34.5 Å². The number of amides is 1. The molecule has 2 aromatic heterocycles. The van der Waals surface area contributed by atoms with Gasteiger partial charge in [0, 0.05) is 27.9 Å². The highest BCUT2D eigenvalue weighted by molar-refractivity contribution is 7.92. The highest BCUT2D eigenvalue weighted by Gasteiger charge is 2.32. The Morgan fingerprint density at radius 1 is 1.12 bits per heavy atom. The van der Waals surface area contributed by atoms with Crippen LogP contribution in [0.3, 0.4) is 0 Å². The largest absolute Gasteiger partial charge is 0.343 e. The smallest absolute Gasteiger partial charge is 0.259 e. The molecule has 0 spiro atoms. The molecule has 0 aliphatic carbocycles. The Morgan fingerprint density at radius 2 is 1.88 bits per heavy atom. The fourth-order valence-corrected chi connectivity index (χ4v) is 5.09. The standard InChI is InChI=1S/C23H19ClN4O3S/c1-13(2)32(30,31)15-8-6-14(7-9-15)19-10-25-22-21(27-19)20(11-26-22)28-12-17-16(23(28)29)4-3-5-18(17)24/h3-11,13H,12H2,1-2H3,(H,25,26). The van der Waals surface area contributed by atoms with Crippen molar-refractivity contribution in [3.05, 3.63) is 71.0 Å². The van der Waals surface area contributed by atoms with Gasteiger partial charge in [0.25, 0.3) is 5.91 Å². The lowest BCUT2D eigenvalue weighted by atomic mass is 10.1. The molecule has 0 bridgehead atoms. The van der Waals surface area contributed by atoms with Gasteiger partial charge in [0.1, 0.15) is 5.52 Å². The number of aromatic amines is 1. The van der Waals surface area contributed by atoms with Gasteiger partial charge in [0.05, 0.1) is 34.3 Å². The Balaban J connectivity index is 1.53. The lowest BCUT2D eigenvalue weighted by Gasteiger charge is -2.14. The fourth-order valence-electron chi connectivity index (χ4n) is 3.80. The molecule has 5 rings (SSSR count). The number of anilines is 1. The molecule has 32 heavy (non-hydrogen) atoms. The molecule has 1 aliphatic rings. The maximum Gasteiger partial charge on any atom is 0.259 e. The summed E-state index contributed by atoms with van der Waals surface area (Å²) in [6.45, 7) is 3.66. The number of hydrogen-bond donors (Lipinski definition) is 1. The first-order valence-electron chi connectivity index (χ1n) is 10.0. The average Bonchev–Trinajstić information content (AvgIpc) is 3.35. The van der Waals surface area contributed by atoms with Crippen molar-refractivity contribution in [3.8, 4) is 11.3 Å². The predicted molar refractivity (Wildman–Crippen MR) is 124 cm³/mol. The van der Waals surface area contributed by atoms with E-state index in [-0.39, 0.29) is 10.8 Å². The normalized spacial score (nSPS) is 13.9. The first kappa shape index (κ1) is 20.7. The zero-order valence-corrected chi connectivity index (χ0v) is 18.9. The predicted octanol–water partition coefficient (Wildman–Crippen LogP) is 4.62. The van der Waals surface area contributed by atoms with Gasteiger partial charge in [-0.05, 0) is 38.1 Å². The molecule has 0 saturated heterocycles. The van der Waals surface area contributed by atoms with Crippen LogP contribution in [0, 0.1) is 0 Å². The number of aromatic nitrogens is 3. The topological polar surface area (TPSA) is 96.0 Å². The van der Waals surface area contributed by atoms with Crippen LogP contribution in [0.4, 0.5) is 5.69 Å². The van der Waals surface area contributed by atoms with E-state index in [1.807, 2.05) is 0 Å². The fraction of sp³-hybridized carbons (Fsp3) is 0.174. The van der Waals surface area contributed by atoms with E-state index in [9.17, 15) is 13.2 Å². The lowest BCUT2D eigenvalue weighted by Crippen LogP contribution is -2.22. The second-order valence-corrected chi connectivity index (χ2v) is 10.8. The second kappa shape index (κ2) is 7.43.